The van der Waals surface area contributed by atoms with Crippen molar-refractivity contribution in [2.75, 3.05) is 23.5 Å². The van der Waals surface area contributed by atoms with Gasteiger partial charge in [-0.25, -0.2) is 8.42 Å². The Kier molecular flexibility index (Phi) is 7.71. The minimum Gasteiger partial charge on any atom is -0.495 e. The van der Waals surface area contributed by atoms with Crippen molar-refractivity contribution in [2.45, 2.75) is 25.5 Å². The summed E-state index contributed by atoms with van der Waals surface area (Å²) < 4.78 is 30.5. The van der Waals surface area contributed by atoms with Crippen LogP contribution in [0.4, 0.5) is 11.4 Å². The fourth-order valence-electron chi connectivity index (χ4n) is 2.83. The van der Waals surface area contributed by atoms with E-state index in [2.05, 4.69) is 10.6 Å². The predicted molar refractivity (Wildman–Crippen MR) is 115 cm³/mol. The van der Waals surface area contributed by atoms with Gasteiger partial charge in [0.2, 0.25) is 11.8 Å². The van der Waals surface area contributed by atoms with Crippen molar-refractivity contribution in [1.82, 2.24) is 0 Å². The zero-order chi connectivity index (χ0) is 22.3. The molecule has 2 rings (SSSR count). The zero-order valence-electron chi connectivity index (χ0n) is 17.0. The number of hydrogen-bond donors (Lipinski definition) is 2. The molecule has 0 spiro atoms. The average molecular weight is 432 g/mol. The summed E-state index contributed by atoms with van der Waals surface area (Å²) in [5.74, 6) is -2.08. The van der Waals surface area contributed by atoms with Crippen LogP contribution in [0.15, 0.2) is 48.5 Å². The summed E-state index contributed by atoms with van der Waals surface area (Å²) in [5, 5.41) is 3.63. The first-order valence-corrected chi connectivity index (χ1v) is 11.0. The number of para-hydroxylation sites is 2. The molecule has 0 saturated carbocycles. The highest BCUT2D eigenvalue weighted by Gasteiger charge is 2.33. The third kappa shape index (κ3) is 5.90. The smallest absolute Gasteiger partial charge is 0.242 e. The molecule has 0 radical (unpaired) electrons. The number of benzene rings is 2. The second-order valence-electron chi connectivity index (χ2n) is 6.58. The molecule has 0 aliphatic carbocycles. The lowest BCUT2D eigenvalue weighted by atomic mass is 10.1. The maximum Gasteiger partial charge on any atom is 0.242 e. The number of Topliss-reactive ketones (excluding diaryl/α,β-unsaturated/α-hetero) is 1. The highest BCUT2D eigenvalue weighted by atomic mass is 32.2. The molecule has 0 aliphatic rings. The Hall–Kier alpha value is -3.20. The molecule has 2 N–H and O–H groups in total. The normalized spacial score (nSPS) is 12.0. The van der Waals surface area contributed by atoms with Crippen LogP contribution in [-0.4, -0.2) is 44.1 Å². The van der Waals surface area contributed by atoms with Gasteiger partial charge in [-0.15, -0.1) is 0 Å². The lowest BCUT2D eigenvalue weighted by Gasteiger charge is -2.16. The van der Waals surface area contributed by atoms with Gasteiger partial charge in [-0.2, -0.15) is 0 Å². The first-order chi connectivity index (χ1) is 14.2. The molecule has 160 valence electrons. The Morgan fingerprint density at radius 3 is 2.20 bits per heavy atom. The van der Waals surface area contributed by atoms with Crippen LogP contribution in [0.1, 0.15) is 30.6 Å². The number of sulfone groups is 1. The van der Waals surface area contributed by atoms with Gasteiger partial charge in [0.15, 0.2) is 15.6 Å². The van der Waals surface area contributed by atoms with E-state index in [0.29, 0.717) is 22.7 Å². The van der Waals surface area contributed by atoms with E-state index in [4.69, 9.17) is 4.74 Å². The van der Waals surface area contributed by atoms with Crippen LogP contribution in [-0.2, 0) is 19.4 Å². The molecule has 8 nitrogen and oxygen atoms in total. The van der Waals surface area contributed by atoms with Gasteiger partial charge in [-0.1, -0.05) is 19.1 Å². The van der Waals surface area contributed by atoms with E-state index < -0.39 is 32.7 Å². The summed E-state index contributed by atoms with van der Waals surface area (Å²) in [7, 11) is -2.64. The van der Waals surface area contributed by atoms with Crippen LogP contribution in [0.3, 0.4) is 0 Å². The molecule has 9 heteroatoms. The summed E-state index contributed by atoms with van der Waals surface area (Å²) in [6.45, 7) is 2.97. The number of ketones is 1. The number of carbonyl (C=O) groups excluding carboxylic acids is 3. The molecule has 2 amide bonds. The molecule has 0 saturated heterocycles. The molecule has 2 aromatic rings. The fourth-order valence-corrected chi connectivity index (χ4v) is 4.36. The number of anilines is 2. The van der Waals surface area contributed by atoms with Crippen LogP contribution in [0.5, 0.6) is 5.75 Å². The Morgan fingerprint density at radius 1 is 1.00 bits per heavy atom. The summed E-state index contributed by atoms with van der Waals surface area (Å²) in [6.07, 6.45) is 0.00162. The molecule has 1 unspecified atom stereocenters. The molecule has 30 heavy (non-hydrogen) atoms. The standard InChI is InChI=1S/C21H24N2O6S/c1-4-19(21(26)22-16-11-9-15(10-12-16)14(2)24)30(27,28)13-20(25)23-17-7-5-6-8-18(17)29-3/h5-12,19H,4,13H2,1-3H3,(H,22,26)(H,23,25). The molecular weight excluding hydrogens is 408 g/mol. The van der Waals surface area contributed by atoms with Crippen LogP contribution < -0.4 is 15.4 Å². The van der Waals surface area contributed by atoms with E-state index in [9.17, 15) is 22.8 Å². The van der Waals surface area contributed by atoms with Crippen LogP contribution in [0.25, 0.3) is 0 Å². The summed E-state index contributed by atoms with van der Waals surface area (Å²) >= 11 is 0. The lowest BCUT2D eigenvalue weighted by molar-refractivity contribution is -0.115. The second-order valence-corrected chi connectivity index (χ2v) is 8.76. The van der Waals surface area contributed by atoms with Crippen LogP contribution in [0.2, 0.25) is 0 Å². The van der Waals surface area contributed by atoms with Crippen molar-refractivity contribution in [2.24, 2.45) is 0 Å². The van der Waals surface area contributed by atoms with E-state index >= 15 is 0 Å². The Balaban J connectivity index is 2.08. The van der Waals surface area contributed by atoms with Crippen molar-refractivity contribution in [3.63, 3.8) is 0 Å². The topological polar surface area (TPSA) is 119 Å². The first-order valence-electron chi connectivity index (χ1n) is 9.24. The largest absolute Gasteiger partial charge is 0.495 e. The van der Waals surface area contributed by atoms with E-state index in [1.807, 2.05) is 0 Å². The molecule has 0 bridgehead atoms. The molecule has 1 atom stereocenters. The first kappa shape index (κ1) is 23.1. The quantitative estimate of drug-likeness (QED) is 0.588. The van der Waals surface area contributed by atoms with Gasteiger partial charge in [0.05, 0.1) is 12.8 Å². The minimum atomic E-state index is -4.07. The van der Waals surface area contributed by atoms with Gasteiger partial charge < -0.3 is 15.4 Å². The van der Waals surface area contributed by atoms with Gasteiger partial charge in [-0.3, -0.25) is 14.4 Å². The lowest BCUT2D eigenvalue weighted by Crippen LogP contribution is -2.39. The van der Waals surface area contributed by atoms with Gasteiger partial charge in [0, 0.05) is 11.3 Å². The maximum absolute atomic E-state index is 12.7. The van der Waals surface area contributed by atoms with Crippen molar-refractivity contribution in [3.8, 4) is 5.75 Å². The summed E-state index contributed by atoms with van der Waals surface area (Å²) in [5.41, 5.74) is 1.17. The van der Waals surface area contributed by atoms with E-state index in [-0.39, 0.29) is 12.2 Å². The predicted octanol–water partition coefficient (Wildman–Crippen LogP) is 2.67. The summed E-state index contributed by atoms with van der Waals surface area (Å²) in [6, 6.07) is 12.7. The van der Waals surface area contributed by atoms with Crippen molar-refractivity contribution < 1.29 is 27.5 Å². The zero-order valence-corrected chi connectivity index (χ0v) is 17.8. The number of ether oxygens (including phenoxy) is 1. The number of rotatable bonds is 9. The molecule has 0 aromatic heterocycles. The number of methoxy groups -OCH3 is 1. The van der Waals surface area contributed by atoms with E-state index in [0.717, 1.165) is 0 Å². The fraction of sp³-hybridized carbons (Fsp3) is 0.286. The second kappa shape index (κ2) is 10.0. The monoisotopic (exact) mass is 432 g/mol. The van der Waals surface area contributed by atoms with Gasteiger partial charge in [-0.05, 0) is 49.7 Å². The molecular formula is C21H24N2O6S. The minimum absolute atomic E-state index is 0.00162. The summed E-state index contributed by atoms with van der Waals surface area (Å²) in [4.78, 5) is 36.2. The van der Waals surface area contributed by atoms with Crippen LogP contribution in [0, 0.1) is 0 Å². The highest BCUT2D eigenvalue weighted by molar-refractivity contribution is 7.93. The maximum atomic E-state index is 12.7. The number of carbonyl (C=O) groups is 3. The third-order valence-electron chi connectivity index (χ3n) is 4.37. The van der Waals surface area contributed by atoms with E-state index in [1.165, 1.54) is 38.3 Å². The van der Waals surface area contributed by atoms with Crippen LogP contribution >= 0.6 is 0 Å². The van der Waals surface area contributed by atoms with E-state index in [1.54, 1.807) is 31.2 Å². The number of nitrogens with one attached hydrogen (secondary N) is 2. The average Bonchev–Trinajstić information content (AvgIpc) is 2.68. The Bertz CT molecular complexity index is 1030. The molecule has 0 aliphatic heterocycles. The van der Waals surface area contributed by atoms with Crippen molar-refractivity contribution in [3.05, 3.63) is 54.1 Å². The van der Waals surface area contributed by atoms with Gasteiger partial charge in [0.25, 0.3) is 0 Å². The van der Waals surface area contributed by atoms with Gasteiger partial charge >= 0.3 is 0 Å². The number of hydrogen-bond acceptors (Lipinski definition) is 6. The third-order valence-corrected chi connectivity index (χ3v) is 6.45. The van der Waals surface area contributed by atoms with Crippen molar-refractivity contribution in [1.29, 1.82) is 0 Å². The number of amides is 2. The highest BCUT2D eigenvalue weighted by Crippen LogP contribution is 2.23. The molecule has 0 heterocycles. The van der Waals surface area contributed by atoms with Gasteiger partial charge in [0.1, 0.15) is 16.8 Å². The SMILES string of the molecule is CCC(C(=O)Nc1ccc(C(C)=O)cc1)S(=O)(=O)CC(=O)Nc1ccccc1OC. The molecule has 2 aromatic carbocycles. The Morgan fingerprint density at radius 2 is 1.63 bits per heavy atom. The molecule has 0 fully saturated rings. The Labute approximate surface area is 175 Å². The van der Waals surface area contributed by atoms with Crippen molar-refractivity contribution >= 4 is 38.8 Å².